The van der Waals surface area contributed by atoms with E-state index in [-0.39, 0.29) is 18.6 Å². The Bertz CT molecular complexity index is 833. The number of esters is 1. The maximum Gasteiger partial charge on any atom is 0.337 e. The SMILES string of the molecule is COC(=O)c1ccc(OCC(=O)N[C@H]2CCCc3ccccc32)c(OC)c1. The van der Waals surface area contributed by atoms with Crippen LogP contribution >= 0.6 is 0 Å². The summed E-state index contributed by atoms with van der Waals surface area (Å²) in [5, 5.41) is 3.04. The molecule has 2 aromatic rings. The Kier molecular flexibility index (Phi) is 5.96. The number of methoxy groups -OCH3 is 2. The maximum absolute atomic E-state index is 12.4. The van der Waals surface area contributed by atoms with Crippen LogP contribution in [0.2, 0.25) is 0 Å². The topological polar surface area (TPSA) is 73.9 Å². The van der Waals surface area contributed by atoms with E-state index in [0.717, 1.165) is 19.3 Å². The van der Waals surface area contributed by atoms with Crippen molar-refractivity contribution >= 4 is 11.9 Å². The third-order valence-corrected chi connectivity index (χ3v) is 4.65. The molecule has 0 spiro atoms. The average molecular weight is 369 g/mol. The Morgan fingerprint density at radius 1 is 1.11 bits per heavy atom. The Balaban J connectivity index is 1.62. The molecule has 142 valence electrons. The van der Waals surface area contributed by atoms with E-state index in [2.05, 4.69) is 22.2 Å². The van der Waals surface area contributed by atoms with E-state index in [1.165, 1.54) is 31.4 Å². The molecule has 6 heteroatoms. The fourth-order valence-electron chi connectivity index (χ4n) is 3.31. The molecule has 0 aliphatic heterocycles. The van der Waals surface area contributed by atoms with Crippen molar-refractivity contribution in [3.8, 4) is 11.5 Å². The predicted octanol–water partition coefficient (Wildman–Crippen LogP) is 3.05. The molecule has 3 rings (SSSR count). The molecule has 0 saturated heterocycles. The summed E-state index contributed by atoms with van der Waals surface area (Å²) in [6.45, 7) is -0.132. The lowest BCUT2D eigenvalue weighted by Gasteiger charge is -2.26. The van der Waals surface area contributed by atoms with Gasteiger partial charge in [-0.25, -0.2) is 4.79 Å². The first-order valence-corrected chi connectivity index (χ1v) is 8.88. The van der Waals surface area contributed by atoms with Gasteiger partial charge in [0, 0.05) is 0 Å². The minimum atomic E-state index is -0.464. The summed E-state index contributed by atoms with van der Waals surface area (Å²) in [6.07, 6.45) is 3.01. The van der Waals surface area contributed by atoms with E-state index in [1.807, 2.05) is 12.1 Å². The first-order valence-electron chi connectivity index (χ1n) is 8.88. The van der Waals surface area contributed by atoms with Crippen molar-refractivity contribution in [2.45, 2.75) is 25.3 Å². The monoisotopic (exact) mass is 369 g/mol. The molecule has 0 fully saturated rings. The molecular formula is C21H23NO5. The molecule has 0 radical (unpaired) electrons. The molecule has 0 heterocycles. The second-order valence-corrected chi connectivity index (χ2v) is 6.36. The minimum absolute atomic E-state index is 0.00893. The standard InChI is InChI=1S/C21H23NO5/c1-25-19-12-15(21(24)26-2)10-11-18(19)27-13-20(23)22-17-9-5-7-14-6-3-4-8-16(14)17/h3-4,6,8,10-12,17H,5,7,9,13H2,1-2H3,(H,22,23)/t17-/m0/s1. The number of aryl methyl sites for hydroxylation is 1. The quantitative estimate of drug-likeness (QED) is 0.792. The second-order valence-electron chi connectivity index (χ2n) is 6.36. The second kappa shape index (κ2) is 8.58. The Hall–Kier alpha value is -3.02. The summed E-state index contributed by atoms with van der Waals surface area (Å²) in [5.74, 6) is 0.0995. The van der Waals surface area contributed by atoms with E-state index in [4.69, 9.17) is 9.47 Å². The summed E-state index contributed by atoms with van der Waals surface area (Å²) in [5.41, 5.74) is 2.82. The van der Waals surface area contributed by atoms with Gasteiger partial charge in [-0.2, -0.15) is 0 Å². The molecule has 27 heavy (non-hydrogen) atoms. The lowest BCUT2D eigenvalue weighted by Crippen LogP contribution is -2.34. The van der Waals surface area contributed by atoms with Gasteiger partial charge in [0.1, 0.15) is 0 Å². The van der Waals surface area contributed by atoms with Crippen LogP contribution < -0.4 is 14.8 Å². The number of amides is 1. The number of benzene rings is 2. The van der Waals surface area contributed by atoms with Crippen molar-refractivity contribution in [1.82, 2.24) is 5.32 Å². The van der Waals surface area contributed by atoms with Crippen LogP contribution in [0.15, 0.2) is 42.5 Å². The van der Waals surface area contributed by atoms with E-state index < -0.39 is 5.97 Å². The van der Waals surface area contributed by atoms with E-state index in [1.54, 1.807) is 12.1 Å². The zero-order valence-corrected chi connectivity index (χ0v) is 15.5. The summed E-state index contributed by atoms with van der Waals surface area (Å²) in [7, 11) is 2.79. The van der Waals surface area contributed by atoms with Gasteiger partial charge in [0.05, 0.1) is 25.8 Å². The van der Waals surface area contributed by atoms with Crippen LogP contribution in [0.5, 0.6) is 11.5 Å². The van der Waals surface area contributed by atoms with Crippen molar-refractivity contribution in [3.63, 3.8) is 0 Å². The molecule has 0 unspecified atom stereocenters. The maximum atomic E-state index is 12.4. The Labute approximate surface area is 158 Å². The fraction of sp³-hybridized carbons (Fsp3) is 0.333. The molecule has 2 aromatic carbocycles. The number of carbonyl (C=O) groups is 2. The highest BCUT2D eigenvalue weighted by molar-refractivity contribution is 5.90. The van der Waals surface area contributed by atoms with Gasteiger partial charge in [-0.1, -0.05) is 24.3 Å². The highest BCUT2D eigenvalue weighted by Crippen LogP contribution is 2.30. The van der Waals surface area contributed by atoms with E-state index in [0.29, 0.717) is 17.1 Å². The predicted molar refractivity (Wildman–Crippen MR) is 100 cm³/mol. The summed E-state index contributed by atoms with van der Waals surface area (Å²) < 4.78 is 15.5. The number of nitrogens with one attached hydrogen (secondary N) is 1. The summed E-state index contributed by atoms with van der Waals surface area (Å²) in [4.78, 5) is 24.0. The van der Waals surface area contributed by atoms with Crippen molar-refractivity contribution in [2.75, 3.05) is 20.8 Å². The van der Waals surface area contributed by atoms with Crippen LogP contribution in [-0.4, -0.2) is 32.7 Å². The molecule has 0 aromatic heterocycles. The summed E-state index contributed by atoms with van der Waals surface area (Å²) in [6, 6.07) is 12.9. The number of hydrogen-bond donors (Lipinski definition) is 1. The molecule has 1 atom stereocenters. The molecule has 0 saturated carbocycles. The lowest BCUT2D eigenvalue weighted by atomic mass is 9.88. The number of carbonyl (C=O) groups excluding carboxylic acids is 2. The zero-order chi connectivity index (χ0) is 19.2. The Morgan fingerprint density at radius 3 is 2.70 bits per heavy atom. The van der Waals surface area contributed by atoms with Crippen molar-refractivity contribution in [2.24, 2.45) is 0 Å². The first-order chi connectivity index (χ1) is 13.1. The Morgan fingerprint density at radius 2 is 1.93 bits per heavy atom. The van der Waals surface area contributed by atoms with Gasteiger partial charge in [-0.3, -0.25) is 4.79 Å². The lowest BCUT2D eigenvalue weighted by molar-refractivity contribution is -0.124. The highest BCUT2D eigenvalue weighted by Gasteiger charge is 2.21. The minimum Gasteiger partial charge on any atom is -0.493 e. The average Bonchev–Trinajstić information content (AvgIpc) is 2.71. The van der Waals surface area contributed by atoms with Gasteiger partial charge in [0.25, 0.3) is 5.91 Å². The van der Waals surface area contributed by atoms with E-state index >= 15 is 0 Å². The van der Waals surface area contributed by atoms with Crippen molar-refractivity contribution < 1.29 is 23.8 Å². The third-order valence-electron chi connectivity index (χ3n) is 4.65. The number of rotatable bonds is 6. The highest BCUT2D eigenvalue weighted by atomic mass is 16.5. The number of hydrogen-bond acceptors (Lipinski definition) is 5. The van der Waals surface area contributed by atoms with Gasteiger partial charge in [-0.15, -0.1) is 0 Å². The summed E-state index contributed by atoms with van der Waals surface area (Å²) >= 11 is 0. The van der Waals surface area contributed by atoms with Gasteiger partial charge in [0.15, 0.2) is 18.1 Å². The fourth-order valence-corrected chi connectivity index (χ4v) is 3.31. The van der Waals surface area contributed by atoms with Crippen LogP contribution in [0.4, 0.5) is 0 Å². The zero-order valence-electron chi connectivity index (χ0n) is 15.5. The third kappa shape index (κ3) is 4.39. The molecule has 1 aliphatic carbocycles. The largest absolute Gasteiger partial charge is 0.493 e. The van der Waals surface area contributed by atoms with Crippen molar-refractivity contribution in [1.29, 1.82) is 0 Å². The van der Waals surface area contributed by atoms with Gasteiger partial charge < -0.3 is 19.5 Å². The van der Waals surface area contributed by atoms with Crippen LogP contribution in [0, 0.1) is 0 Å². The number of ether oxygens (including phenoxy) is 3. The van der Waals surface area contributed by atoms with Crippen molar-refractivity contribution in [3.05, 3.63) is 59.2 Å². The molecule has 6 nitrogen and oxygen atoms in total. The van der Waals surface area contributed by atoms with Crippen LogP contribution in [0.25, 0.3) is 0 Å². The molecule has 1 N–H and O–H groups in total. The smallest absolute Gasteiger partial charge is 0.337 e. The molecular weight excluding hydrogens is 346 g/mol. The molecule has 0 bridgehead atoms. The van der Waals surface area contributed by atoms with Gasteiger partial charge >= 0.3 is 5.97 Å². The van der Waals surface area contributed by atoms with Crippen LogP contribution in [0.1, 0.15) is 40.4 Å². The number of fused-ring (bicyclic) bond motifs is 1. The first kappa shape index (κ1) is 18.8. The molecule has 1 aliphatic rings. The van der Waals surface area contributed by atoms with Crippen LogP contribution in [0.3, 0.4) is 0 Å². The molecule has 1 amide bonds. The van der Waals surface area contributed by atoms with Gasteiger partial charge in [0.2, 0.25) is 0 Å². The van der Waals surface area contributed by atoms with Crippen LogP contribution in [-0.2, 0) is 16.0 Å². The normalized spacial score (nSPS) is 15.4. The van der Waals surface area contributed by atoms with E-state index in [9.17, 15) is 9.59 Å². The van der Waals surface area contributed by atoms with Gasteiger partial charge in [-0.05, 0) is 48.6 Å².